The van der Waals surface area contributed by atoms with Gasteiger partial charge >= 0.3 is 0 Å². The van der Waals surface area contributed by atoms with Crippen LogP contribution in [0.2, 0.25) is 0 Å². The van der Waals surface area contributed by atoms with E-state index in [9.17, 15) is 9.18 Å². The van der Waals surface area contributed by atoms with E-state index in [4.69, 9.17) is 0 Å². The molecule has 6 heteroatoms. The van der Waals surface area contributed by atoms with Gasteiger partial charge in [0.2, 0.25) is 0 Å². The highest BCUT2D eigenvalue weighted by Crippen LogP contribution is 2.36. The molecule has 0 unspecified atom stereocenters. The van der Waals surface area contributed by atoms with E-state index in [0.717, 1.165) is 46.6 Å². The summed E-state index contributed by atoms with van der Waals surface area (Å²) in [7, 11) is 0. The van der Waals surface area contributed by atoms with Crippen LogP contribution in [0.25, 0.3) is 16.9 Å². The van der Waals surface area contributed by atoms with E-state index in [1.807, 2.05) is 30.0 Å². The van der Waals surface area contributed by atoms with Crippen molar-refractivity contribution in [3.63, 3.8) is 0 Å². The van der Waals surface area contributed by atoms with Crippen LogP contribution in [0.15, 0.2) is 42.5 Å². The highest BCUT2D eigenvalue weighted by atomic mass is 19.1. The third-order valence-electron chi connectivity index (χ3n) is 5.16. The van der Waals surface area contributed by atoms with E-state index in [1.54, 1.807) is 16.8 Å². The summed E-state index contributed by atoms with van der Waals surface area (Å²) in [5.41, 5.74) is 5.20. The molecule has 3 aromatic rings. The van der Waals surface area contributed by atoms with Crippen LogP contribution in [0.5, 0.6) is 0 Å². The van der Waals surface area contributed by atoms with E-state index in [-0.39, 0.29) is 11.7 Å². The lowest BCUT2D eigenvalue weighted by Gasteiger charge is -2.13. The van der Waals surface area contributed by atoms with Crippen molar-refractivity contribution in [2.24, 2.45) is 0 Å². The topological polar surface area (TPSA) is 51.0 Å². The Kier molecular flexibility index (Phi) is 3.22. The van der Waals surface area contributed by atoms with E-state index in [1.165, 1.54) is 12.1 Å². The standard InChI is InChI=1S/C20H17FN4O/c1-12-19(22-23-25(12)17-5-3-15(21)4-6-17)13-2-9-18-14(10-13)11-24(20(18)26)16-7-8-16/h2-6,9-10,16H,7-8,11H2,1H3. The van der Waals surface area contributed by atoms with Gasteiger partial charge in [-0.1, -0.05) is 11.3 Å². The van der Waals surface area contributed by atoms with Crippen LogP contribution in [0, 0.1) is 12.7 Å². The van der Waals surface area contributed by atoms with Gasteiger partial charge in [-0.3, -0.25) is 4.79 Å². The zero-order chi connectivity index (χ0) is 17.8. The van der Waals surface area contributed by atoms with Gasteiger partial charge in [-0.25, -0.2) is 9.07 Å². The summed E-state index contributed by atoms with van der Waals surface area (Å²) < 4.78 is 14.8. The molecule has 0 bridgehead atoms. The molecule has 1 aliphatic heterocycles. The van der Waals surface area contributed by atoms with Crippen LogP contribution >= 0.6 is 0 Å². The molecule has 2 aromatic carbocycles. The van der Waals surface area contributed by atoms with Crippen molar-refractivity contribution in [1.82, 2.24) is 19.9 Å². The Morgan fingerprint density at radius 3 is 2.62 bits per heavy atom. The number of amides is 1. The van der Waals surface area contributed by atoms with Gasteiger partial charge in [0.05, 0.1) is 11.4 Å². The minimum absolute atomic E-state index is 0.140. The molecular weight excluding hydrogens is 331 g/mol. The first kappa shape index (κ1) is 15.3. The predicted octanol–water partition coefficient (Wildman–Crippen LogP) is 3.50. The number of carbonyl (C=O) groups excluding carboxylic acids is 1. The van der Waals surface area contributed by atoms with Gasteiger partial charge in [-0.2, -0.15) is 0 Å². The van der Waals surface area contributed by atoms with Crippen molar-refractivity contribution in [3.05, 3.63) is 65.1 Å². The molecule has 1 aliphatic carbocycles. The quantitative estimate of drug-likeness (QED) is 0.728. The number of halogens is 1. The zero-order valence-electron chi connectivity index (χ0n) is 14.3. The molecule has 130 valence electrons. The third kappa shape index (κ3) is 2.33. The van der Waals surface area contributed by atoms with Crippen molar-refractivity contribution in [1.29, 1.82) is 0 Å². The van der Waals surface area contributed by atoms with Crippen molar-refractivity contribution in [2.45, 2.75) is 32.4 Å². The molecular formula is C20H17FN4O. The maximum absolute atomic E-state index is 13.1. The summed E-state index contributed by atoms with van der Waals surface area (Å²) in [6.07, 6.45) is 2.22. The molecule has 5 rings (SSSR count). The predicted molar refractivity (Wildman–Crippen MR) is 94.4 cm³/mol. The fraction of sp³-hybridized carbons (Fsp3) is 0.250. The second-order valence-corrected chi connectivity index (χ2v) is 6.95. The summed E-state index contributed by atoms with van der Waals surface area (Å²) in [6, 6.07) is 12.4. The second kappa shape index (κ2) is 5.49. The molecule has 2 heterocycles. The van der Waals surface area contributed by atoms with Gasteiger partial charge in [-0.05, 0) is 61.7 Å². The SMILES string of the molecule is Cc1c(-c2ccc3c(c2)CN(C2CC2)C3=O)nnn1-c1ccc(F)cc1. The van der Waals surface area contributed by atoms with Crippen LogP contribution in [0.3, 0.4) is 0 Å². The van der Waals surface area contributed by atoms with Crippen molar-refractivity contribution >= 4 is 5.91 Å². The van der Waals surface area contributed by atoms with Crippen LogP contribution in [0.1, 0.15) is 34.5 Å². The normalized spacial score (nSPS) is 16.2. The molecule has 0 saturated heterocycles. The first-order chi connectivity index (χ1) is 12.6. The number of carbonyl (C=O) groups is 1. The number of nitrogens with zero attached hydrogens (tertiary/aromatic N) is 4. The monoisotopic (exact) mass is 348 g/mol. The molecule has 0 N–H and O–H groups in total. The van der Waals surface area contributed by atoms with Crippen LogP contribution < -0.4 is 0 Å². The number of aromatic nitrogens is 3. The fourth-order valence-corrected chi connectivity index (χ4v) is 3.60. The molecule has 0 atom stereocenters. The molecule has 1 aromatic heterocycles. The molecule has 0 spiro atoms. The minimum atomic E-state index is -0.282. The van der Waals surface area contributed by atoms with Gasteiger partial charge < -0.3 is 4.90 Å². The lowest BCUT2D eigenvalue weighted by Crippen LogP contribution is -2.25. The summed E-state index contributed by atoms with van der Waals surface area (Å²) in [4.78, 5) is 14.4. The van der Waals surface area contributed by atoms with Crippen LogP contribution in [0.4, 0.5) is 4.39 Å². The molecule has 0 radical (unpaired) electrons. The zero-order valence-corrected chi connectivity index (χ0v) is 14.3. The van der Waals surface area contributed by atoms with Crippen molar-refractivity contribution < 1.29 is 9.18 Å². The second-order valence-electron chi connectivity index (χ2n) is 6.95. The average molecular weight is 348 g/mol. The molecule has 1 fully saturated rings. The van der Waals surface area contributed by atoms with Gasteiger partial charge in [0, 0.05) is 23.7 Å². The lowest BCUT2D eigenvalue weighted by molar-refractivity contribution is 0.0766. The molecule has 1 saturated carbocycles. The van der Waals surface area contributed by atoms with Crippen LogP contribution in [-0.4, -0.2) is 31.8 Å². The Labute approximate surface area is 150 Å². The maximum Gasteiger partial charge on any atom is 0.254 e. The highest BCUT2D eigenvalue weighted by molar-refractivity contribution is 5.99. The largest absolute Gasteiger partial charge is 0.331 e. The first-order valence-electron chi connectivity index (χ1n) is 8.74. The van der Waals surface area contributed by atoms with E-state index in [0.29, 0.717) is 12.6 Å². The van der Waals surface area contributed by atoms with Gasteiger partial charge in [-0.15, -0.1) is 5.10 Å². The Hall–Kier alpha value is -3.02. The maximum atomic E-state index is 13.1. The van der Waals surface area contributed by atoms with Gasteiger partial charge in [0.15, 0.2) is 0 Å². The Balaban J connectivity index is 1.51. The average Bonchev–Trinajstić information content (AvgIpc) is 3.34. The summed E-state index contributed by atoms with van der Waals surface area (Å²) in [5.74, 6) is -0.143. The van der Waals surface area contributed by atoms with Gasteiger partial charge in [0.25, 0.3) is 5.91 Å². The molecule has 5 nitrogen and oxygen atoms in total. The fourth-order valence-electron chi connectivity index (χ4n) is 3.60. The van der Waals surface area contributed by atoms with Gasteiger partial charge in [0.1, 0.15) is 11.5 Å². The molecule has 26 heavy (non-hydrogen) atoms. The number of benzene rings is 2. The van der Waals surface area contributed by atoms with E-state index < -0.39 is 0 Å². The summed E-state index contributed by atoms with van der Waals surface area (Å²) in [5, 5.41) is 8.54. The van der Waals surface area contributed by atoms with Crippen LogP contribution in [-0.2, 0) is 6.54 Å². The Morgan fingerprint density at radius 2 is 1.88 bits per heavy atom. The number of hydrogen-bond acceptors (Lipinski definition) is 3. The highest BCUT2D eigenvalue weighted by Gasteiger charge is 2.38. The Bertz CT molecular complexity index is 1020. The Morgan fingerprint density at radius 1 is 1.12 bits per heavy atom. The molecule has 2 aliphatic rings. The van der Waals surface area contributed by atoms with E-state index >= 15 is 0 Å². The summed E-state index contributed by atoms with van der Waals surface area (Å²) >= 11 is 0. The van der Waals surface area contributed by atoms with Crippen molar-refractivity contribution in [2.75, 3.05) is 0 Å². The summed E-state index contributed by atoms with van der Waals surface area (Å²) in [6.45, 7) is 2.62. The lowest BCUT2D eigenvalue weighted by atomic mass is 10.0. The van der Waals surface area contributed by atoms with Crippen molar-refractivity contribution in [3.8, 4) is 16.9 Å². The third-order valence-corrected chi connectivity index (χ3v) is 5.16. The van der Waals surface area contributed by atoms with E-state index in [2.05, 4.69) is 10.3 Å². The smallest absolute Gasteiger partial charge is 0.254 e. The minimum Gasteiger partial charge on any atom is -0.331 e. The number of fused-ring (bicyclic) bond motifs is 1. The number of hydrogen-bond donors (Lipinski definition) is 0. The first-order valence-corrected chi connectivity index (χ1v) is 8.74. The number of rotatable bonds is 3. The molecule has 1 amide bonds.